The van der Waals surface area contributed by atoms with E-state index in [0.717, 1.165) is 5.56 Å². The Balaban J connectivity index is 2.56. The van der Waals surface area contributed by atoms with Crippen LogP contribution in [0.15, 0.2) is 36.4 Å². The molecule has 0 aliphatic carbocycles. The summed E-state index contributed by atoms with van der Waals surface area (Å²) in [5, 5.41) is 9.18. The van der Waals surface area contributed by atoms with Gasteiger partial charge in [0.2, 0.25) is 0 Å². The minimum absolute atomic E-state index is 0.0950. The van der Waals surface area contributed by atoms with Gasteiger partial charge in [-0.05, 0) is 60.2 Å². The first-order chi connectivity index (χ1) is 8.11. The van der Waals surface area contributed by atoms with E-state index >= 15 is 0 Å². The number of benzene rings is 2. The third-order valence-corrected chi connectivity index (χ3v) is 3.26. The van der Waals surface area contributed by atoms with E-state index in [9.17, 15) is 5.11 Å². The molecule has 88 valence electrons. The Morgan fingerprint density at radius 1 is 0.882 bits per heavy atom. The van der Waals surface area contributed by atoms with Gasteiger partial charge >= 0.3 is 0 Å². The quantitative estimate of drug-likeness (QED) is 0.826. The highest BCUT2D eigenvalue weighted by molar-refractivity contribution is 5.69. The van der Waals surface area contributed by atoms with Crippen molar-refractivity contribution in [3.05, 3.63) is 58.7 Å². The fourth-order valence-electron chi connectivity index (χ4n) is 2.11. The molecule has 0 aromatic heterocycles. The minimum Gasteiger partial charge on any atom is -0.392 e. The second kappa shape index (κ2) is 4.72. The van der Waals surface area contributed by atoms with E-state index in [1.54, 1.807) is 0 Å². The van der Waals surface area contributed by atoms with Crippen LogP contribution >= 0.6 is 0 Å². The lowest BCUT2D eigenvalue weighted by Crippen LogP contribution is -1.90. The molecule has 0 saturated heterocycles. The van der Waals surface area contributed by atoms with E-state index in [4.69, 9.17) is 0 Å². The highest BCUT2D eigenvalue weighted by Crippen LogP contribution is 2.27. The first-order valence-electron chi connectivity index (χ1n) is 5.90. The third-order valence-electron chi connectivity index (χ3n) is 3.26. The molecule has 1 heteroatoms. The Kier molecular flexibility index (Phi) is 3.30. The van der Waals surface area contributed by atoms with Crippen molar-refractivity contribution in [2.45, 2.75) is 27.4 Å². The molecule has 17 heavy (non-hydrogen) atoms. The summed E-state index contributed by atoms with van der Waals surface area (Å²) in [5.41, 5.74) is 7.30. The first-order valence-corrected chi connectivity index (χ1v) is 5.90. The van der Waals surface area contributed by atoms with Crippen LogP contribution in [0.5, 0.6) is 0 Å². The van der Waals surface area contributed by atoms with Crippen molar-refractivity contribution in [2.75, 3.05) is 0 Å². The number of hydrogen-bond donors (Lipinski definition) is 1. The normalized spacial score (nSPS) is 10.6. The summed E-state index contributed by atoms with van der Waals surface area (Å²) in [6, 6.07) is 12.5. The van der Waals surface area contributed by atoms with Crippen LogP contribution in [0.4, 0.5) is 0 Å². The predicted molar refractivity (Wildman–Crippen MR) is 72.0 cm³/mol. The Morgan fingerprint density at radius 3 is 2.29 bits per heavy atom. The zero-order chi connectivity index (χ0) is 12.4. The smallest absolute Gasteiger partial charge is 0.0682 e. The number of rotatable bonds is 2. The Bertz CT molecular complexity index is 541. The van der Waals surface area contributed by atoms with Gasteiger partial charge in [0.15, 0.2) is 0 Å². The molecule has 0 spiro atoms. The summed E-state index contributed by atoms with van der Waals surface area (Å²) in [5.74, 6) is 0. The van der Waals surface area contributed by atoms with Crippen molar-refractivity contribution in [1.29, 1.82) is 0 Å². The molecule has 0 radical (unpaired) electrons. The molecule has 0 aliphatic heterocycles. The molecule has 0 bridgehead atoms. The molecule has 2 rings (SSSR count). The van der Waals surface area contributed by atoms with Gasteiger partial charge in [0, 0.05) is 0 Å². The van der Waals surface area contributed by atoms with Gasteiger partial charge < -0.3 is 5.11 Å². The zero-order valence-electron chi connectivity index (χ0n) is 10.6. The minimum atomic E-state index is 0.0950. The van der Waals surface area contributed by atoms with Gasteiger partial charge in [-0.1, -0.05) is 30.3 Å². The first kappa shape index (κ1) is 11.9. The van der Waals surface area contributed by atoms with E-state index in [1.807, 2.05) is 12.1 Å². The maximum atomic E-state index is 9.18. The molecule has 0 atom stereocenters. The summed E-state index contributed by atoms with van der Waals surface area (Å²) in [7, 11) is 0. The van der Waals surface area contributed by atoms with E-state index < -0.39 is 0 Å². The molecule has 0 fully saturated rings. The van der Waals surface area contributed by atoms with E-state index in [-0.39, 0.29) is 6.61 Å². The summed E-state index contributed by atoms with van der Waals surface area (Å²) in [6.07, 6.45) is 0. The molecule has 0 amide bonds. The largest absolute Gasteiger partial charge is 0.392 e. The highest BCUT2D eigenvalue weighted by Gasteiger charge is 2.05. The monoisotopic (exact) mass is 226 g/mol. The molecule has 0 aliphatic rings. The van der Waals surface area contributed by atoms with Gasteiger partial charge in [0.1, 0.15) is 0 Å². The van der Waals surface area contributed by atoms with Crippen LogP contribution in [0.3, 0.4) is 0 Å². The van der Waals surface area contributed by atoms with Crippen molar-refractivity contribution < 1.29 is 5.11 Å². The van der Waals surface area contributed by atoms with Gasteiger partial charge in [0.25, 0.3) is 0 Å². The lowest BCUT2D eigenvalue weighted by Gasteiger charge is -2.11. The fourth-order valence-corrected chi connectivity index (χ4v) is 2.11. The SMILES string of the molecule is Cc1cc(C)c(-c2cccc(CO)c2)cc1C. The number of aryl methyl sites for hydroxylation is 3. The van der Waals surface area contributed by atoms with Gasteiger partial charge in [-0.25, -0.2) is 0 Å². The molecular formula is C16H18O. The maximum Gasteiger partial charge on any atom is 0.0682 e. The third kappa shape index (κ3) is 2.40. The standard InChI is InChI=1S/C16H18O/c1-11-7-13(3)16(8-12(11)2)15-6-4-5-14(9-15)10-17/h4-9,17H,10H2,1-3H3. The van der Waals surface area contributed by atoms with Crippen molar-refractivity contribution in [3.63, 3.8) is 0 Å². The van der Waals surface area contributed by atoms with Crippen molar-refractivity contribution >= 4 is 0 Å². The Labute approximate surface area is 103 Å². The Hall–Kier alpha value is -1.60. The lowest BCUT2D eigenvalue weighted by molar-refractivity contribution is 0.282. The lowest BCUT2D eigenvalue weighted by atomic mass is 9.95. The highest BCUT2D eigenvalue weighted by atomic mass is 16.3. The van der Waals surface area contributed by atoms with Crippen LogP contribution in [0.2, 0.25) is 0 Å². The van der Waals surface area contributed by atoms with Gasteiger partial charge in [-0.3, -0.25) is 0 Å². The maximum absolute atomic E-state index is 9.18. The summed E-state index contributed by atoms with van der Waals surface area (Å²) < 4.78 is 0. The molecule has 0 saturated carbocycles. The average Bonchev–Trinajstić information content (AvgIpc) is 2.34. The summed E-state index contributed by atoms with van der Waals surface area (Å²) in [4.78, 5) is 0. The molecule has 2 aromatic rings. The molecular weight excluding hydrogens is 208 g/mol. The second-order valence-electron chi connectivity index (χ2n) is 4.61. The number of aliphatic hydroxyl groups is 1. The van der Waals surface area contributed by atoms with Gasteiger partial charge in [-0.2, -0.15) is 0 Å². The van der Waals surface area contributed by atoms with Crippen LogP contribution in [0.25, 0.3) is 11.1 Å². The molecule has 0 unspecified atom stereocenters. The molecule has 1 nitrogen and oxygen atoms in total. The van der Waals surface area contributed by atoms with Crippen LogP contribution in [0, 0.1) is 20.8 Å². The van der Waals surface area contributed by atoms with Crippen molar-refractivity contribution in [3.8, 4) is 11.1 Å². The Morgan fingerprint density at radius 2 is 1.59 bits per heavy atom. The summed E-state index contributed by atoms with van der Waals surface area (Å²) >= 11 is 0. The summed E-state index contributed by atoms with van der Waals surface area (Å²) in [6.45, 7) is 6.50. The number of aliphatic hydroxyl groups excluding tert-OH is 1. The van der Waals surface area contributed by atoms with E-state index in [2.05, 4.69) is 45.0 Å². The average molecular weight is 226 g/mol. The van der Waals surface area contributed by atoms with Crippen LogP contribution < -0.4 is 0 Å². The molecule has 2 aromatic carbocycles. The van der Waals surface area contributed by atoms with Crippen LogP contribution in [0.1, 0.15) is 22.3 Å². The zero-order valence-corrected chi connectivity index (χ0v) is 10.6. The fraction of sp³-hybridized carbons (Fsp3) is 0.250. The van der Waals surface area contributed by atoms with E-state index in [1.165, 1.54) is 27.8 Å². The van der Waals surface area contributed by atoms with E-state index in [0.29, 0.717) is 0 Å². The van der Waals surface area contributed by atoms with Crippen molar-refractivity contribution in [2.24, 2.45) is 0 Å². The van der Waals surface area contributed by atoms with Gasteiger partial charge in [0.05, 0.1) is 6.61 Å². The van der Waals surface area contributed by atoms with Crippen LogP contribution in [-0.4, -0.2) is 5.11 Å². The predicted octanol–water partition coefficient (Wildman–Crippen LogP) is 3.77. The second-order valence-corrected chi connectivity index (χ2v) is 4.61. The van der Waals surface area contributed by atoms with Gasteiger partial charge in [-0.15, -0.1) is 0 Å². The molecule has 1 N–H and O–H groups in total. The van der Waals surface area contributed by atoms with Crippen LogP contribution in [-0.2, 0) is 6.61 Å². The van der Waals surface area contributed by atoms with Crippen molar-refractivity contribution in [1.82, 2.24) is 0 Å². The molecule has 0 heterocycles. The topological polar surface area (TPSA) is 20.2 Å². The number of hydrogen-bond acceptors (Lipinski definition) is 1.